The van der Waals surface area contributed by atoms with Gasteiger partial charge in [-0.2, -0.15) is 0 Å². The predicted octanol–water partition coefficient (Wildman–Crippen LogP) is 2.76. The van der Waals surface area contributed by atoms with E-state index in [9.17, 15) is 4.39 Å². The van der Waals surface area contributed by atoms with E-state index in [0.717, 1.165) is 22.4 Å². The van der Waals surface area contributed by atoms with Gasteiger partial charge in [-0.1, -0.05) is 24.3 Å². The summed E-state index contributed by atoms with van der Waals surface area (Å²) in [5, 5.41) is 9.17. The number of hydrogen-bond donors (Lipinski definition) is 1. The number of aliphatic hydroxyl groups excluding tert-OH is 1. The molecular weight excluding hydrogens is 255 g/mol. The van der Waals surface area contributed by atoms with E-state index in [0.29, 0.717) is 13.0 Å². The van der Waals surface area contributed by atoms with Crippen molar-refractivity contribution in [1.29, 1.82) is 0 Å². The fourth-order valence-electron chi connectivity index (χ4n) is 2.37. The number of halogens is 1. The normalized spacial score (nSPS) is 11.1. The van der Waals surface area contributed by atoms with Crippen molar-refractivity contribution in [2.75, 3.05) is 6.61 Å². The van der Waals surface area contributed by atoms with Gasteiger partial charge < -0.3 is 9.67 Å². The Bertz CT molecular complexity index is 719. The topological polar surface area (TPSA) is 38.1 Å². The Morgan fingerprint density at radius 3 is 2.55 bits per heavy atom. The summed E-state index contributed by atoms with van der Waals surface area (Å²) in [5.74, 6) is 0.609. The van der Waals surface area contributed by atoms with Crippen LogP contribution in [0.1, 0.15) is 11.4 Å². The first kappa shape index (κ1) is 12.8. The van der Waals surface area contributed by atoms with Gasteiger partial charge in [0.1, 0.15) is 11.6 Å². The molecule has 4 heteroatoms. The average molecular weight is 270 g/mol. The number of aliphatic hydroxyl groups is 1. The van der Waals surface area contributed by atoms with Crippen molar-refractivity contribution >= 4 is 11.0 Å². The van der Waals surface area contributed by atoms with E-state index in [1.165, 1.54) is 12.1 Å². The molecule has 0 bridgehead atoms. The maximum atomic E-state index is 13.0. The molecule has 0 spiro atoms. The molecule has 0 saturated heterocycles. The van der Waals surface area contributed by atoms with Crippen molar-refractivity contribution in [2.45, 2.75) is 13.0 Å². The minimum Gasteiger partial charge on any atom is -0.396 e. The number of imidazole rings is 1. The third-order valence-corrected chi connectivity index (χ3v) is 3.32. The molecule has 0 aliphatic carbocycles. The van der Waals surface area contributed by atoms with E-state index in [4.69, 9.17) is 5.11 Å². The number of rotatable bonds is 4. The lowest BCUT2D eigenvalue weighted by Crippen LogP contribution is -2.07. The van der Waals surface area contributed by atoms with Crippen LogP contribution in [0.5, 0.6) is 0 Å². The highest BCUT2D eigenvalue weighted by Crippen LogP contribution is 2.18. The summed E-state index contributed by atoms with van der Waals surface area (Å²) in [6.07, 6.45) is 0.510. The molecule has 0 amide bonds. The lowest BCUT2D eigenvalue weighted by atomic mass is 10.2. The van der Waals surface area contributed by atoms with Gasteiger partial charge in [0.15, 0.2) is 0 Å². The summed E-state index contributed by atoms with van der Waals surface area (Å²) in [6, 6.07) is 14.3. The molecule has 2 aromatic carbocycles. The van der Waals surface area contributed by atoms with E-state index in [1.54, 1.807) is 12.1 Å². The monoisotopic (exact) mass is 270 g/mol. The van der Waals surface area contributed by atoms with Crippen LogP contribution in [0.2, 0.25) is 0 Å². The van der Waals surface area contributed by atoms with E-state index in [2.05, 4.69) is 9.55 Å². The highest BCUT2D eigenvalue weighted by Gasteiger charge is 2.10. The summed E-state index contributed by atoms with van der Waals surface area (Å²) in [4.78, 5) is 4.55. The van der Waals surface area contributed by atoms with Crippen LogP contribution in [0.15, 0.2) is 48.5 Å². The molecule has 20 heavy (non-hydrogen) atoms. The lowest BCUT2D eigenvalue weighted by molar-refractivity contribution is 0.295. The minimum absolute atomic E-state index is 0.0622. The molecule has 0 radical (unpaired) electrons. The molecule has 1 heterocycles. The Morgan fingerprint density at radius 2 is 1.80 bits per heavy atom. The SMILES string of the molecule is OCCc1nc2ccccc2n1Cc1ccc(F)cc1. The van der Waals surface area contributed by atoms with Crippen LogP contribution in [-0.2, 0) is 13.0 Å². The van der Waals surface area contributed by atoms with Crippen LogP contribution in [0.25, 0.3) is 11.0 Å². The third-order valence-electron chi connectivity index (χ3n) is 3.32. The van der Waals surface area contributed by atoms with Crippen LogP contribution in [0, 0.1) is 5.82 Å². The molecule has 102 valence electrons. The van der Waals surface area contributed by atoms with Gasteiger partial charge in [0, 0.05) is 13.0 Å². The van der Waals surface area contributed by atoms with Crippen molar-refractivity contribution in [3.8, 4) is 0 Å². The molecule has 1 aromatic heterocycles. The standard InChI is InChI=1S/C16H15FN2O/c17-13-7-5-12(6-8-13)11-19-15-4-2-1-3-14(15)18-16(19)9-10-20/h1-8,20H,9-11H2. The fraction of sp³-hybridized carbons (Fsp3) is 0.188. The second kappa shape index (κ2) is 5.43. The van der Waals surface area contributed by atoms with E-state index >= 15 is 0 Å². The molecule has 0 unspecified atom stereocenters. The zero-order valence-electron chi connectivity index (χ0n) is 11.0. The first-order valence-corrected chi connectivity index (χ1v) is 6.57. The van der Waals surface area contributed by atoms with Crippen molar-refractivity contribution < 1.29 is 9.50 Å². The minimum atomic E-state index is -0.236. The van der Waals surface area contributed by atoms with Gasteiger partial charge in [-0.05, 0) is 29.8 Å². The quantitative estimate of drug-likeness (QED) is 0.791. The summed E-state index contributed by atoms with van der Waals surface area (Å²) >= 11 is 0. The smallest absolute Gasteiger partial charge is 0.123 e. The van der Waals surface area contributed by atoms with Crippen LogP contribution >= 0.6 is 0 Å². The number of benzene rings is 2. The first-order valence-electron chi connectivity index (χ1n) is 6.57. The van der Waals surface area contributed by atoms with Crippen molar-refractivity contribution in [2.24, 2.45) is 0 Å². The molecule has 0 aliphatic heterocycles. The molecule has 0 atom stereocenters. The van der Waals surface area contributed by atoms with Gasteiger partial charge in [-0.25, -0.2) is 9.37 Å². The number of fused-ring (bicyclic) bond motifs is 1. The van der Waals surface area contributed by atoms with Gasteiger partial charge in [0.05, 0.1) is 17.6 Å². The van der Waals surface area contributed by atoms with Crippen molar-refractivity contribution in [3.63, 3.8) is 0 Å². The summed E-state index contributed by atoms with van der Waals surface area (Å²) in [7, 11) is 0. The Kier molecular flexibility index (Phi) is 3.48. The van der Waals surface area contributed by atoms with Crippen molar-refractivity contribution in [3.05, 3.63) is 65.7 Å². The van der Waals surface area contributed by atoms with Gasteiger partial charge >= 0.3 is 0 Å². The van der Waals surface area contributed by atoms with Crippen LogP contribution in [0.4, 0.5) is 4.39 Å². The Morgan fingerprint density at radius 1 is 1.05 bits per heavy atom. The molecule has 1 N–H and O–H groups in total. The van der Waals surface area contributed by atoms with Crippen LogP contribution in [-0.4, -0.2) is 21.3 Å². The zero-order valence-corrected chi connectivity index (χ0v) is 11.0. The highest BCUT2D eigenvalue weighted by molar-refractivity contribution is 5.76. The maximum Gasteiger partial charge on any atom is 0.123 e. The molecule has 3 aromatic rings. The highest BCUT2D eigenvalue weighted by atomic mass is 19.1. The Labute approximate surface area is 116 Å². The second-order valence-corrected chi connectivity index (χ2v) is 4.70. The number of aromatic nitrogens is 2. The van der Waals surface area contributed by atoms with Gasteiger partial charge in [0.2, 0.25) is 0 Å². The zero-order chi connectivity index (χ0) is 13.9. The van der Waals surface area contributed by atoms with Gasteiger partial charge in [0.25, 0.3) is 0 Å². The summed E-state index contributed by atoms with van der Waals surface area (Å²) < 4.78 is 15.0. The van der Waals surface area contributed by atoms with Crippen LogP contribution in [0.3, 0.4) is 0 Å². The maximum absolute atomic E-state index is 13.0. The summed E-state index contributed by atoms with van der Waals surface area (Å²) in [6.45, 7) is 0.683. The number of para-hydroxylation sites is 2. The van der Waals surface area contributed by atoms with E-state index in [1.807, 2.05) is 24.3 Å². The Hall–Kier alpha value is -2.20. The molecular formula is C16H15FN2O. The molecule has 0 saturated carbocycles. The van der Waals surface area contributed by atoms with Gasteiger partial charge in [-0.3, -0.25) is 0 Å². The lowest BCUT2D eigenvalue weighted by Gasteiger charge is -2.08. The van der Waals surface area contributed by atoms with Crippen molar-refractivity contribution in [1.82, 2.24) is 9.55 Å². The molecule has 0 fully saturated rings. The van der Waals surface area contributed by atoms with E-state index < -0.39 is 0 Å². The van der Waals surface area contributed by atoms with Gasteiger partial charge in [-0.15, -0.1) is 0 Å². The number of nitrogens with zero attached hydrogens (tertiary/aromatic N) is 2. The molecule has 3 rings (SSSR count). The number of hydrogen-bond acceptors (Lipinski definition) is 2. The second-order valence-electron chi connectivity index (χ2n) is 4.70. The summed E-state index contributed by atoms with van der Waals surface area (Å²) in [5.41, 5.74) is 2.95. The molecule has 3 nitrogen and oxygen atoms in total. The van der Waals surface area contributed by atoms with E-state index in [-0.39, 0.29) is 12.4 Å². The predicted molar refractivity (Wildman–Crippen MR) is 76.0 cm³/mol. The largest absolute Gasteiger partial charge is 0.396 e. The fourth-order valence-corrected chi connectivity index (χ4v) is 2.37. The first-order chi connectivity index (χ1) is 9.78. The van der Waals surface area contributed by atoms with Crippen LogP contribution < -0.4 is 0 Å². The average Bonchev–Trinajstić information content (AvgIpc) is 2.80. The third kappa shape index (κ3) is 2.42. The molecule has 0 aliphatic rings. The Balaban J connectivity index is 2.04.